The number of benzene rings is 1. The van der Waals surface area contributed by atoms with Gasteiger partial charge in [0.25, 0.3) is 0 Å². The molecule has 0 radical (unpaired) electrons. The van der Waals surface area contributed by atoms with Crippen molar-refractivity contribution in [3.63, 3.8) is 0 Å². The summed E-state index contributed by atoms with van der Waals surface area (Å²) in [6.45, 7) is 6.24. The topological polar surface area (TPSA) is 63.4 Å². The third-order valence-electron chi connectivity index (χ3n) is 2.40. The predicted molar refractivity (Wildman–Crippen MR) is 77.8 cm³/mol. The number of nitrogens with two attached hydrogens (primary N) is 1. The Morgan fingerprint density at radius 3 is 2.67 bits per heavy atom. The fraction of sp³-hybridized carbons (Fsp3) is 0.333. The highest BCUT2D eigenvalue weighted by atomic mass is 79.9. The van der Waals surface area contributed by atoms with E-state index in [1.165, 1.54) is 10.4 Å². The number of rotatable bonds is 6. The lowest BCUT2D eigenvalue weighted by Gasteiger charge is -2.21. The molecule has 0 aliphatic carbocycles. The van der Waals surface area contributed by atoms with E-state index in [0.29, 0.717) is 6.54 Å². The van der Waals surface area contributed by atoms with Crippen LogP contribution in [-0.4, -0.2) is 25.8 Å². The summed E-state index contributed by atoms with van der Waals surface area (Å²) in [5, 5.41) is 0. The van der Waals surface area contributed by atoms with Crippen LogP contribution in [-0.2, 0) is 10.0 Å². The van der Waals surface area contributed by atoms with Crippen molar-refractivity contribution in [2.24, 2.45) is 0 Å². The summed E-state index contributed by atoms with van der Waals surface area (Å²) in [4.78, 5) is 0.140. The van der Waals surface area contributed by atoms with E-state index in [1.807, 2.05) is 6.92 Å². The van der Waals surface area contributed by atoms with Crippen LogP contribution < -0.4 is 5.73 Å². The predicted octanol–water partition coefficient (Wildman–Crippen LogP) is 2.62. The lowest BCUT2D eigenvalue weighted by atomic mass is 10.3. The van der Waals surface area contributed by atoms with Crippen molar-refractivity contribution in [1.82, 2.24) is 4.31 Å². The van der Waals surface area contributed by atoms with E-state index in [1.54, 1.807) is 18.2 Å². The first-order valence-corrected chi connectivity index (χ1v) is 7.82. The van der Waals surface area contributed by atoms with Crippen LogP contribution in [0.4, 0.5) is 5.69 Å². The minimum absolute atomic E-state index is 0.140. The Balaban J connectivity index is 3.21. The molecule has 100 valence electrons. The minimum Gasteiger partial charge on any atom is -0.398 e. The average Bonchev–Trinajstić information content (AvgIpc) is 2.28. The van der Waals surface area contributed by atoms with Gasteiger partial charge in [0.2, 0.25) is 10.0 Å². The van der Waals surface area contributed by atoms with Gasteiger partial charge in [-0.2, -0.15) is 4.31 Å². The third kappa shape index (κ3) is 3.34. The second-order valence-corrected chi connectivity index (χ2v) is 6.66. The second kappa shape index (κ2) is 6.36. The molecule has 0 spiro atoms. The van der Waals surface area contributed by atoms with E-state index in [4.69, 9.17) is 5.73 Å². The van der Waals surface area contributed by atoms with Crippen LogP contribution in [0.3, 0.4) is 0 Å². The zero-order valence-electron chi connectivity index (χ0n) is 10.3. The van der Waals surface area contributed by atoms with E-state index in [-0.39, 0.29) is 17.1 Å². The van der Waals surface area contributed by atoms with Gasteiger partial charge in [-0.1, -0.05) is 28.9 Å². The van der Waals surface area contributed by atoms with Gasteiger partial charge >= 0.3 is 0 Å². The molecule has 1 aromatic carbocycles. The number of nitrogens with zero attached hydrogens (tertiary/aromatic N) is 1. The van der Waals surface area contributed by atoms with E-state index >= 15 is 0 Å². The Hall–Kier alpha value is -0.850. The van der Waals surface area contributed by atoms with Crippen LogP contribution >= 0.6 is 15.9 Å². The molecule has 1 rings (SSSR count). The van der Waals surface area contributed by atoms with E-state index in [0.717, 1.165) is 10.9 Å². The van der Waals surface area contributed by atoms with Gasteiger partial charge in [-0.25, -0.2) is 8.42 Å². The van der Waals surface area contributed by atoms with E-state index < -0.39 is 10.0 Å². The Bertz CT molecular complexity index is 529. The summed E-state index contributed by atoms with van der Waals surface area (Å²) in [6, 6.07) is 4.77. The fourth-order valence-electron chi connectivity index (χ4n) is 1.60. The largest absolute Gasteiger partial charge is 0.398 e. The Kier molecular flexibility index (Phi) is 5.37. The van der Waals surface area contributed by atoms with Gasteiger partial charge in [-0.05, 0) is 24.6 Å². The quantitative estimate of drug-likeness (QED) is 0.643. The summed E-state index contributed by atoms with van der Waals surface area (Å²) in [6.07, 6.45) is 2.31. The summed E-state index contributed by atoms with van der Waals surface area (Å²) in [5.41, 5.74) is 6.02. The van der Waals surface area contributed by atoms with Crippen molar-refractivity contribution >= 4 is 31.6 Å². The maximum absolute atomic E-state index is 12.4. The van der Waals surface area contributed by atoms with Gasteiger partial charge in [0.15, 0.2) is 0 Å². The lowest BCUT2D eigenvalue weighted by molar-refractivity contribution is 0.442. The van der Waals surface area contributed by atoms with Crippen molar-refractivity contribution in [3.05, 3.63) is 35.3 Å². The maximum Gasteiger partial charge on any atom is 0.245 e. The Morgan fingerprint density at radius 2 is 2.17 bits per heavy atom. The first-order valence-electron chi connectivity index (χ1n) is 5.59. The van der Waals surface area contributed by atoms with E-state index in [2.05, 4.69) is 22.5 Å². The molecule has 0 unspecified atom stereocenters. The van der Waals surface area contributed by atoms with Crippen molar-refractivity contribution in [3.8, 4) is 0 Å². The van der Waals surface area contributed by atoms with Crippen molar-refractivity contribution in [1.29, 1.82) is 0 Å². The highest BCUT2D eigenvalue weighted by Crippen LogP contribution is 2.25. The number of halogens is 1. The van der Waals surface area contributed by atoms with Gasteiger partial charge in [-0.3, -0.25) is 0 Å². The van der Waals surface area contributed by atoms with Gasteiger partial charge < -0.3 is 5.73 Å². The average molecular weight is 333 g/mol. The molecule has 6 heteroatoms. The molecule has 2 N–H and O–H groups in total. The van der Waals surface area contributed by atoms with Crippen LogP contribution in [0.1, 0.15) is 13.3 Å². The highest BCUT2D eigenvalue weighted by molar-refractivity contribution is 9.10. The molecule has 4 nitrogen and oxygen atoms in total. The maximum atomic E-state index is 12.4. The summed E-state index contributed by atoms with van der Waals surface area (Å²) < 4.78 is 27.0. The smallest absolute Gasteiger partial charge is 0.245 e. The number of anilines is 1. The zero-order chi connectivity index (χ0) is 13.8. The monoisotopic (exact) mass is 332 g/mol. The first kappa shape index (κ1) is 15.2. The Labute approximate surface area is 117 Å². The zero-order valence-corrected chi connectivity index (χ0v) is 12.7. The molecule has 0 saturated heterocycles. The van der Waals surface area contributed by atoms with Crippen LogP contribution in [0.2, 0.25) is 0 Å². The molecule has 0 aromatic heterocycles. The normalized spacial score (nSPS) is 11.7. The molecular weight excluding hydrogens is 316 g/mol. The molecule has 0 aliphatic rings. The van der Waals surface area contributed by atoms with Crippen LogP contribution in [0.25, 0.3) is 0 Å². The number of nitrogen functional groups attached to an aromatic ring is 1. The first-order chi connectivity index (χ1) is 8.43. The molecule has 0 saturated carbocycles. The molecule has 0 fully saturated rings. The summed E-state index contributed by atoms with van der Waals surface area (Å²) in [5.74, 6) is 0. The molecule has 0 atom stereocenters. The van der Waals surface area contributed by atoms with Gasteiger partial charge in [-0.15, -0.1) is 6.58 Å². The molecular formula is C12H17BrN2O2S. The van der Waals surface area contributed by atoms with Crippen molar-refractivity contribution in [2.75, 3.05) is 18.8 Å². The molecule has 0 bridgehead atoms. The van der Waals surface area contributed by atoms with Crippen molar-refractivity contribution in [2.45, 2.75) is 18.2 Å². The summed E-state index contributed by atoms with van der Waals surface area (Å²) in [7, 11) is -3.56. The minimum atomic E-state index is -3.56. The van der Waals surface area contributed by atoms with E-state index in [9.17, 15) is 8.42 Å². The van der Waals surface area contributed by atoms with Gasteiger partial charge in [0.05, 0.1) is 5.69 Å². The van der Waals surface area contributed by atoms with Crippen LogP contribution in [0, 0.1) is 0 Å². The molecule has 0 aliphatic heterocycles. The SMILES string of the molecule is C=CCN(CCC)S(=O)(=O)c1ccc(Br)cc1N. The van der Waals surface area contributed by atoms with Gasteiger partial charge in [0, 0.05) is 17.6 Å². The van der Waals surface area contributed by atoms with Crippen LogP contribution in [0.15, 0.2) is 40.2 Å². The second-order valence-electron chi connectivity index (χ2n) is 3.83. The van der Waals surface area contributed by atoms with Crippen molar-refractivity contribution < 1.29 is 8.42 Å². The van der Waals surface area contributed by atoms with Gasteiger partial charge in [0.1, 0.15) is 4.90 Å². The standard InChI is InChI=1S/C12H17BrN2O2S/c1-3-7-15(8-4-2)18(16,17)12-6-5-10(13)9-11(12)14/h3,5-6,9H,1,4,7-8,14H2,2H3. The number of sulfonamides is 1. The highest BCUT2D eigenvalue weighted by Gasteiger charge is 2.24. The summed E-state index contributed by atoms with van der Waals surface area (Å²) >= 11 is 3.26. The molecule has 0 amide bonds. The molecule has 0 heterocycles. The molecule has 18 heavy (non-hydrogen) atoms. The number of hydrogen-bond donors (Lipinski definition) is 1. The van der Waals surface area contributed by atoms with Crippen LogP contribution in [0.5, 0.6) is 0 Å². The molecule has 1 aromatic rings. The fourth-order valence-corrected chi connectivity index (χ4v) is 3.57. The third-order valence-corrected chi connectivity index (χ3v) is 4.83. The lowest BCUT2D eigenvalue weighted by Crippen LogP contribution is -2.32. The number of hydrogen-bond acceptors (Lipinski definition) is 3. The Morgan fingerprint density at radius 1 is 1.50 bits per heavy atom.